The number of amides is 3. The Morgan fingerprint density at radius 2 is 1.35 bits per heavy atom. The summed E-state index contributed by atoms with van der Waals surface area (Å²) in [5.74, 6) is -3.85. The van der Waals surface area contributed by atoms with E-state index in [2.05, 4.69) is 16.0 Å². The van der Waals surface area contributed by atoms with E-state index in [1.165, 1.54) is 6.92 Å². The summed E-state index contributed by atoms with van der Waals surface area (Å²) in [4.78, 5) is 49.9. The van der Waals surface area contributed by atoms with Crippen LogP contribution >= 0.6 is 0 Å². The fourth-order valence-electron chi connectivity index (χ4n) is 3.33. The van der Waals surface area contributed by atoms with Crippen molar-refractivity contribution in [2.24, 2.45) is 17.6 Å². The van der Waals surface area contributed by atoms with Crippen molar-refractivity contribution < 1.29 is 29.4 Å². The van der Waals surface area contributed by atoms with Gasteiger partial charge in [0.2, 0.25) is 17.7 Å². The van der Waals surface area contributed by atoms with E-state index < -0.39 is 54.0 Å². The van der Waals surface area contributed by atoms with Crippen LogP contribution in [0.3, 0.4) is 0 Å². The van der Waals surface area contributed by atoms with Crippen LogP contribution in [0.25, 0.3) is 0 Å². The van der Waals surface area contributed by atoms with E-state index >= 15 is 0 Å². The highest BCUT2D eigenvalue weighted by molar-refractivity contribution is 5.94. The molecule has 34 heavy (non-hydrogen) atoms. The maximum absolute atomic E-state index is 13.1. The molecule has 0 heterocycles. The van der Waals surface area contributed by atoms with Crippen molar-refractivity contribution in [1.82, 2.24) is 16.0 Å². The number of carboxylic acids is 1. The van der Waals surface area contributed by atoms with Crippen molar-refractivity contribution in [2.75, 3.05) is 0 Å². The normalized spacial score (nSPS) is 16.5. The van der Waals surface area contributed by atoms with Gasteiger partial charge in [0.1, 0.15) is 12.1 Å². The number of aliphatic hydroxyl groups is 1. The summed E-state index contributed by atoms with van der Waals surface area (Å²) in [6, 6.07) is 4.85. The molecule has 0 saturated carbocycles. The van der Waals surface area contributed by atoms with Gasteiger partial charge in [-0.1, -0.05) is 64.4 Å². The summed E-state index contributed by atoms with van der Waals surface area (Å²) >= 11 is 0. The predicted octanol–water partition coefficient (Wildman–Crippen LogP) is 0.178. The monoisotopic (exact) mass is 478 g/mol. The van der Waals surface area contributed by atoms with Crippen molar-refractivity contribution in [1.29, 1.82) is 0 Å². The molecule has 190 valence electrons. The van der Waals surface area contributed by atoms with Crippen LogP contribution in [0.5, 0.6) is 0 Å². The molecule has 0 fully saturated rings. The standard InChI is InChI=1S/C24H38N4O6/c1-6-14(4)19(23(32)28-20(15(5)29)24(33)34)27-22(31)18(13(2)3)26-21(30)17(25)12-16-10-8-7-9-11-16/h7-11,13-15,17-20,29H,6,12,25H2,1-5H3,(H,26,30)(H,27,31)(H,28,32)(H,33,34). The van der Waals surface area contributed by atoms with E-state index in [-0.39, 0.29) is 11.8 Å². The molecule has 0 aliphatic carbocycles. The average Bonchev–Trinajstić information content (AvgIpc) is 2.78. The number of hydrogen-bond acceptors (Lipinski definition) is 6. The molecule has 0 aliphatic heterocycles. The van der Waals surface area contributed by atoms with E-state index in [1.807, 2.05) is 37.3 Å². The van der Waals surface area contributed by atoms with Gasteiger partial charge in [0.25, 0.3) is 0 Å². The lowest BCUT2D eigenvalue weighted by atomic mass is 9.95. The van der Waals surface area contributed by atoms with Crippen LogP contribution < -0.4 is 21.7 Å². The molecule has 6 atom stereocenters. The highest BCUT2D eigenvalue weighted by Gasteiger charge is 2.34. The Kier molecular flexibility index (Phi) is 11.7. The van der Waals surface area contributed by atoms with E-state index in [1.54, 1.807) is 20.8 Å². The van der Waals surface area contributed by atoms with Crippen LogP contribution in [0.2, 0.25) is 0 Å². The third-order valence-electron chi connectivity index (χ3n) is 5.72. The second-order valence-electron chi connectivity index (χ2n) is 8.96. The fraction of sp³-hybridized carbons (Fsp3) is 0.583. The Morgan fingerprint density at radius 1 is 0.853 bits per heavy atom. The van der Waals surface area contributed by atoms with Gasteiger partial charge >= 0.3 is 5.97 Å². The van der Waals surface area contributed by atoms with Crippen molar-refractivity contribution >= 4 is 23.7 Å². The first-order valence-corrected chi connectivity index (χ1v) is 11.5. The Morgan fingerprint density at radius 3 is 1.82 bits per heavy atom. The first-order valence-electron chi connectivity index (χ1n) is 11.5. The molecular weight excluding hydrogens is 440 g/mol. The SMILES string of the molecule is CCC(C)C(NC(=O)C(NC(=O)C(N)Cc1ccccc1)C(C)C)C(=O)NC(C(=O)O)C(C)O. The van der Waals surface area contributed by atoms with Gasteiger partial charge in [0.05, 0.1) is 12.1 Å². The maximum Gasteiger partial charge on any atom is 0.328 e. The zero-order valence-corrected chi connectivity index (χ0v) is 20.4. The average molecular weight is 479 g/mol. The number of carbonyl (C=O) groups is 4. The second kappa shape index (κ2) is 13.7. The van der Waals surface area contributed by atoms with Gasteiger partial charge in [-0.2, -0.15) is 0 Å². The molecule has 1 aromatic rings. The van der Waals surface area contributed by atoms with E-state index in [0.717, 1.165) is 5.56 Å². The Bertz CT molecular complexity index is 830. The molecule has 0 aliphatic rings. The molecule has 0 bridgehead atoms. The van der Waals surface area contributed by atoms with E-state index in [0.29, 0.717) is 12.8 Å². The Balaban J connectivity index is 2.94. The number of aliphatic carboxylic acids is 1. The molecule has 1 rings (SSSR count). The van der Waals surface area contributed by atoms with Gasteiger partial charge < -0.3 is 31.9 Å². The molecule has 1 aromatic carbocycles. The number of nitrogens with one attached hydrogen (secondary N) is 3. The number of benzene rings is 1. The topological polar surface area (TPSA) is 171 Å². The second-order valence-corrected chi connectivity index (χ2v) is 8.96. The van der Waals surface area contributed by atoms with Crippen molar-refractivity contribution in [3.8, 4) is 0 Å². The summed E-state index contributed by atoms with van der Waals surface area (Å²) in [5.41, 5.74) is 6.93. The minimum absolute atomic E-state index is 0.299. The summed E-state index contributed by atoms with van der Waals surface area (Å²) < 4.78 is 0. The van der Waals surface area contributed by atoms with E-state index in [4.69, 9.17) is 5.73 Å². The molecule has 0 spiro atoms. The minimum Gasteiger partial charge on any atom is -0.480 e. The third-order valence-corrected chi connectivity index (χ3v) is 5.72. The Hall–Kier alpha value is -2.98. The van der Waals surface area contributed by atoms with Gasteiger partial charge in [-0.3, -0.25) is 14.4 Å². The smallest absolute Gasteiger partial charge is 0.328 e. The minimum atomic E-state index is -1.52. The molecular formula is C24H38N4O6. The lowest BCUT2D eigenvalue weighted by Gasteiger charge is -2.29. The summed E-state index contributed by atoms with van der Waals surface area (Å²) in [7, 11) is 0. The van der Waals surface area contributed by atoms with Crippen molar-refractivity contribution in [3.63, 3.8) is 0 Å². The molecule has 0 radical (unpaired) electrons. The van der Waals surface area contributed by atoms with Crippen LogP contribution in [0.1, 0.15) is 46.6 Å². The highest BCUT2D eigenvalue weighted by Crippen LogP contribution is 2.11. The summed E-state index contributed by atoms with van der Waals surface area (Å²) in [6.07, 6.45) is -0.512. The third kappa shape index (κ3) is 8.75. The van der Waals surface area contributed by atoms with Gasteiger partial charge in [-0.15, -0.1) is 0 Å². The number of carboxylic acid groups (broad SMARTS) is 1. The van der Waals surface area contributed by atoms with E-state index in [9.17, 15) is 29.4 Å². The zero-order valence-electron chi connectivity index (χ0n) is 20.4. The lowest BCUT2D eigenvalue weighted by molar-refractivity contribution is -0.145. The largest absolute Gasteiger partial charge is 0.480 e. The fourth-order valence-corrected chi connectivity index (χ4v) is 3.33. The van der Waals surface area contributed by atoms with Gasteiger partial charge in [-0.05, 0) is 30.7 Å². The molecule has 3 amide bonds. The molecule has 6 unspecified atom stereocenters. The number of aliphatic hydroxyl groups excluding tert-OH is 1. The van der Waals surface area contributed by atoms with Crippen LogP contribution in [-0.4, -0.2) is 64.2 Å². The quantitative estimate of drug-likeness (QED) is 0.235. The van der Waals surface area contributed by atoms with Crippen LogP contribution in [0, 0.1) is 11.8 Å². The molecule has 0 saturated heterocycles. The van der Waals surface area contributed by atoms with Gasteiger partial charge in [0, 0.05) is 0 Å². The van der Waals surface area contributed by atoms with Gasteiger partial charge in [-0.25, -0.2) is 4.79 Å². The first kappa shape index (κ1) is 29.1. The summed E-state index contributed by atoms with van der Waals surface area (Å²) in [5, 5.41) is 26.5. The van der Waals surface area contributed by atoms with Crippen LogP contribution in [-0.2, 0) is 25.6 Å². The molecule has 10 nitrogen and oxygen atoms in total. The van der Waals surface area contributed by atoms with Crippen molar-refractivity contribution in [3.05, 3.63) is 35.9 Å². The molecule has 7 N–H and O–H groups in total. The number of hydrogen-bond donors (Lipinski definition) is 6. The first-order chi connectivity index (χ1) is 15.9. The number of nitrogens with two attached hydrogens (primary N) is 1. The van der Waals surface area contributed by atoms with Crippen molar-refractivity contribution in [2.45, 2.75) is 77.7 Å². The lowest BCUT2D eigenvalue weighted by Crippen LogP contribution is -2.60. The number of carbonyl (C=O) groups excluding carboxylic acids is 3. The number of rotatable bonds is 13. The van der Waals surface area contributed by atoms with Crippen LogP contribution in [0.15, 0.2) is 30.3 Å². The Labute approximate surface area is 200 Å². The highest BCUT2D eigenvalue weighted by atomic mass is 16.4. The zero-order chi connectivity index (χ0) is 26.0. The van der Waals surface area contributed by atoms with Gasteiger partial charge in [0.15, 0.2) is 6.04 Å². The maximum atomic E-state index is 13.1. The summed E-state index contributed by atoms with van der Waals surface area (Å²) in [6.45, 7) is 8.31. The van der Waals surface area contributed by atoms with Crippen LogP contribution in [0.4, 0.5) is 0 Å². The molecule has 10 heteroatoms. The molecule has 0 aromatic heterocycles. The predicted molar refractivity (Wildman–Crippen MR) is 128 cm³/mol.